The number of carbonyl (C=O) groups excluding carboxylic acids is 1. The van der Waals surface area contributed by atoms with Crippen LogP contribution in [-0.2, 0) is 0 Å². The van der Waals surface area contributed by atoms with E-state index in [1.165, 1.54) is 0 Å². The summed E-state index contributed by atoms with van der Waals surface area (Å²) >= 11 is 0. The van der Waals surface area contributed by atoms with Gasteiger partial charge in [0.1, 0.15) is 0 Å². The van der Waals surface area contributed by atoms with Crippen molar-refractivity contribution in [1.29, 1.82) is 0 Å². The van der Waals surface area contributed by atoms with Crippen LogP contribution in [0.2, 0.25) is 0 Å². The largest absolute Gasteiger partial charge is 0.391 e. The van der Waals surface area contributed by atoms with Crippen molar-refractivity contribution in [1.82, 2.24) is 9.88 Å². The number of hydrogen-bond acceptors (Lipinski definition) is 3. The van der Waals surface area contributed by atoms with Crippen LogP contribution in [0.3, 0.4) is 0 Å². The van der Waals surface area contributed by atoms with E-state index in [2.05, 4.69) is 4.98 Å². The Bertz CT molecular complexity index is 639. The Balaban J connectivity index is 2.06. The number of fused-ring (bicyclic) bond motifs is 1. The summed E-state index contributed by atoms with van der Waals surface area (Å²) in [6.07, 6.45) is 0.270. The first-order valence-electron chi connectivity index (χ1n) is 6.49. The normalized spacial score (nSPS) is 19.1. The van der Waals surface area contributed by atoms with Crippen LogP contribution in [0.4, 0.5) is 0 Å². The van der Waals surface area contributed by atoms with Crippen LogP contribution in [0.25, 0.3) is 10.9 Å². The maximum atomic E-state index is 12.5. The van der Waals surface area contributed by atoms with Gasteiger partial charge in [0.25, 0.3) is 5.91 Å². The molecule has 0 radical (unpaired) electrons. The van der Waals surface area contributed by atoms with E-state index in [0.29, 0.717) is 25.1 Å². The molecule has 0 saturated carbocycles. The maximum absolute atomic E-state index is 12.5. The molecule has 1 aromatic heterocycles. The van der Waals surface area contributed by atoms with Gasteiger partial charge in [0, 0.05) is 24.2 Å². The summed E-state index contributed by atoms with van der Waals surface area (Å²) < 4.78 is 0. The van der Waals surface area contributed by atoms with Gasteiger partial charge in [-0.2, -0.15) is 0 Å². The van der Waals surface area contributed by atoms with Crippen molar-refractivity contribution >= 4 is 16.8 Å². The fraction of sp³-hybridized carbons (Fsp3) is 0.333. The van der Waals surface area contributed by atoms with Gasteiger partial charge in [0.2, 0.25) is 0 Å². The number of aliphatic hydroxyl groups excluding tert-OH is 1. The Labute approximate surface area is 111 Å². The number of aliphatic hydroxyl groups is 1. The van der Waals surface area contributed by atoms with Gasteiger partial charge in [0.15, 0.2) is 0 Å². The smallest absolute Gasteiger partial charge is 0.254 e. The lowest BCUT2D eigenvalue weighted by molar-refractivity contribution is 0.0766. The fourth-order valence-electron chi connectivity index (χ4n) is 2.58. The van der Waals surface area contributed by atoms with Gasteiger partial charge in [0.05, 0.1) is 17.2 Å². The molecule has 1 saturated heterocycles. The quantitative estimate of drug-likeness (QED) is 0.845. The number of pyridine rings is 1. The van der Waals surface area contributed by atoms with Crippen LogP contribution in [-0.4, -0.2) is 40.1 Å². The summed E-state index contributed by atoms with van der Waals surface area (Å²) in [6, 6.07) is 9.49. The number of rotatable bonds is 1. The second-order valence-corrected chi connectivity index (χ2v) is 5.02. The Morgan fingerprint density at radius 2 is 2.21 bits per heavy atom. The number of aromatic nitrogens is 1. The first kappa shape index (κ1) is 12.1. The van der Waals surface area contributed by atoms with E-state index < -0.39 is 6.10 Å². The molecule has 4 heteroatoms. The zero-order valence-corrected chi connectivity index (χ0v) is 10.8. The van der Waals surface area contributed by atoms with Gasteiger partial charge < -0.3 is 10.0 Å². The zero-order chi connectivity index (χ0) is 13.4. The van der Waals surface area contributed by atoms with E-state index in [-0.39, 0.29) is 5.91 Å². The van der Waals surface area contributed by atoms with Gasteiger partial charge in [-0.3, -0.25) is 9.78 Å². The molecule has 2 heterocycles. The standard InChI is InChI=1S/C15H16N2O2/c1-10-8-13(12-4-2-3-5-14(12)16-10)15(19)17-7-6-11(18)9-17/h2-5,8,11,18H,6-7,9H2,1H3. The molecular formula is C15H16N2O2. The van der Waals surface area contributed by atoms with E-state index >= 15 is 0 Å². The Hall–Kier alpha value is -1.94. The lowest BCUT2D eigenvalue weighted by Crippen LogP contribution is -2.29. The number of amides is 1. The molecule has 3 rings (SSSR count). The number of carbonyl (C=O) groups is 1. The van der Waals surface area contributed by atoms with Gasteiger partial charge in [-0.05, 0) is 25.5 Å². The van der Waals surface area contributed by atoms with Crippen LogP contribution >= 0.6 is 0 Å². The van der Waals surface area contributed by atoms with Crippen molar-refractivity contribution in [2.45, 2.75) is 19.4 Å². The van der Waals surface area contributed by atoms with Gasteiger partial charge in [-0.25, -0.2) is 0 Å². The number of nitrogens with zero attached hydrogens (tertiary/aromatic N) is 2. The molecule has 98 valence electrons. The Morgan fingerprint density at radius 1 is 1.42 bits per heavy atom. The minimum Gasteiger partial charge on any atom is -0.391 e. The topological polar surface area (TPSA) is 53.4 Å². The third-order valence-corrected chi connectivity index (χ3v) is 3.53. The van der Waals surface area contributed by atoms with Crippen LogP contribution in [0.15, 0.2) is 30.3 Å². The summed E-state index contributed by atoms with van der Waals surface area (Å²) in [5.74, 6) is -0.0155. The minimum atomic E-state index is -0.391. The highest BCUT2D eigenvalue weighted by atomic mass is 16.3. The molecule has 1 aliphatic heterocycles. The Kier molecular flexibility index (Phi) is 2.95. The first-order valence-corrected chi connectivity index (χ1v) is 6.49. The van der Waals surface area contributed by atoms with Gasteiger partial charge >= 0.3 is 0 Å². The molecule has 0 spiro atoms. The molecule has 1 N–H and O–H groups in total. The highest BCUT2D eigenvalue weighted by molar-refractivity contribution is 6.06. The molecule has 1 fully saturated rings. The average Bonchev–Trinajstić information content (AvgIpc) is 2.83. The second kappa shape index (κ2) is 4.63. The molecule has 1 amide bonds. The highest BCUT2D eigenvalue weighted by Crippen LogP contribution is 2.21. The number of benzene rings is 1. The van der Waals surface area contributed by atoms with Crippen molar-refractivity contribution in [3.63, 3.8) is 0 Å². The number of β-amino-alcohol motifs (C(OH)–C–C–N with tert-alkyl or cyclic N) is 1. The van der Waals surface area contributed by atoms with Gasteiger partial charge in [-0.1, -0.05) is 18.2 Å². The van der Waals surface area contributed by atoms with E-state index in [1.807, 2.05) is 37.3 Å². The van der Waals surface area contributed by atoms with Crippen molar-refractivity contribution in [2.75, 3.05) is 13.1 Å². The van der Waals surface area contributed by atoms with E-state index in [0.717, 1.165) is 16.6 Å². The summed E-state index contributed by atoms with van der Waals surface area (Å²) in [5.41, 5.74) is 2.35. The molecule has 19 heavy (non-hydrogen) atoms. The molecule has 4 nitrogen and oxygen atoms in total. The average molecular weight is 256 g/mol. The number of para-hydroxylation sites is 1. The fourth-order valence-corrected chi connectivity index (χ4v) is 2.58. The monoisotopic (exact) mass is 256 g/mol. The molecule has 1 atom stereocenters. The molecule has 1 aromatic carbocycles. The molecule has 1 aliphatic rings. The number of aryl methyl sites for hydroxylation is 1. The van der Waals surface area contributed by atoms with Crippen molar-refractivity contribution in [3.8, 4) is 0 Å². The van der Waals surface area contributed by atoms with Crippen LogP contribution in [0.1, 0.15) is 22.5 Å². The third kappa shape index (κ3) is 2.19. The molecular weight excluding hydrogens is 240 g/mol. The highest BCUT2D eigenvalue weighted by Gasteiger charge is 2.26. The molecule has 1 unspecified atom stereocenters. The van der Waals surface area contributed by atoms with Gasteiger partial charge in [-0.15, -0.1) is 0 Å². The van der Waals surface area contributed by atoms with Crippen LogP contribution in [0.5, 0.6) is 0 Å². The second-order valence-electron chi connectivity index (χ2n) is 5.02. The summed E-state index contributed by atoms with van der Waals surface area (Å²) in [6.45, 7) is 2.94. The minimum absolute atomic E-state index is 0.0155. The Morgan fingerprint density at radius 3 is 2.95 bits per heavy atom. The number of hydrogen-bond donors (Lipinski definition) is 1. The van der Waals surface area contributed by atoms with E-state index in [1.54, 1.807) is 4.90 Å². The van der Waals surface area contributed by atoms with Crippen LogP contribution in [0, 0.1) is 6.92 Å². The van der Waals surface area contributed by atoms with Crippen LogP contribution < -0.4 is 0 Å². The molecule has 2 aromatic rings. The van der Waals surface area contributed by atoms with E-state index in [4.69, 9.17) is 0 Å². The predicted molar refractivity (Wildman–Crippen MR) is 73.0 cm³/mol. The van der Waals surface area contributed by atoms with E-state index in [9.17, 15) is 9.90 Å². The SMILES string of the molecule is Cc1cc(C(=O)N2CCC(O)C2)c2ccccc2n1. The van der Waals surface area contributed by atoms with Crippen molar-refractivity contribution in [2.24, 2.45) is 0 Å². The molecule has 0 aliphatic carbocycles. The van der Waals surface area contributed by atoms with Crippen molar-refractivity contribution in [3.05, 3.63) is 41.6 Å². The summed E-state index contributed by atoms with van der Waals surface area (Å²) in [7, 11) is 0. The predicted octanol–water partition coefficient (Wildman–Crippen LogP) is 1.75. The lowest BCUT2D eigenvalue weighted by Gasteiger charge is -2.17. The first-order chi connectivity index (χ1) is 9.15. The summed E-state index contributed by atoms with van der Waals surface area (Å²) in [4.78, 5) is 18.7. The lowest BCUT2D eigenvalue weighted by atomic mass is 10.1. The summed E-state index contributed by atoms with van der Waals surface area (Å²) in [5, 5.41) is 10.4. The molecule has 0 bridgehead atoms. The zero-order valence-electron chi connectivity index (χ0n) is 10.8. The maximum Gasteiger partial charge on any atom is 0.254 e. The third-order valence-electron chi connectivity index (χ3n) is 3.53. The van der Waals surface area contributed by atoms with Crippen molar-refractivity contribution < 1.29 is 9.90 Å². The number of likely N-dealkylation sites (tertiary alicyclic amines) is 1.